The molecule has 3 heteroatoms. The van der Waals surface area contributed by atoms with Crippen LogP contribution in [-0.2, 0) is 6.42 Å². The first kappa shape index (κ1) is 12.2. The minimum Gasteiger partial charge on any atom is -0.478 e. The molecule has 17 heavy (non-hydrogen) atoms. The summed E-state index contributed by atoms with van der Waals surface area (Å²) < 4.78 is 5.78. The molecule has 0 unspecified atom stereocenters. The van der Waals surface area contributed by atoms with E-state index in [4.69, 9.17) is 9.52 Å². The number of hydrogen-bond acceptors (Lipinski definition) is 2. The van der Waals surface area contributed by atoms with Crippen LogP contribution in [0.1, 0.15) is 73.2 Å². The van der Waals surface area contributed by atoms with E-state index in [1.807, 2.05) is 6.92 Å². The highest BCUT2D eigenvalue weighted by Gasteiger charge is 2.23. The van der Waals surface area contributed by atoms with Crippen molar-refractivity contribution in [2.24, 2.45) is 0 Å². The first-order valence-electron chi connectivity index (χ1n) is 6.58. The predicted octanol–water partition coefficient (Wildman–Crippen LogP) is 3.98. The Hall–Kier alpha value is -1.25. The first-order valence-corrected chi connectivity index (χ1v) is 6.58. The van der Waals surface area contributed by atoms with E-state index in [2.05, 4.69) is 0 Å². The molecule has 1 N–H and O–H groups in total. The number of carbonyl (C=O) groups is 1. The van der Waals surface area contributed by atoms with Crippen molar-refractivity contribution in [2.45, 2.75) is 57.8 Å². The lowest BCUT2D eigenvalue weighted by Crippen LogP contribution is -2.03. The molecule has 1 heterocycles. The normalized spacial score (nSPS) is 17.2. The summed E-state index contributed by atoms with van der Waals surface area (Å²) in [6, 6.07) is 1.75. The topological polar surface area (TPSA) is 50.4 Å². The zero-order valence-corrected chi connectivity index (χ0v) is 10.4. The van der Waals surface area contributed by atoms with Crippen molar-refractivity contribution < 1.29 is 14.3 Å². The van der Waals surface area contributed by atoms with Crippen LogP contribution in [0, 0.1) is 0 Å². The van der Waals surface area contributed by atoms with Gasteiger partial charge in [-0.15, -0.1) is 0 Å². The van der Waals surface area contributed by atoms with Crippen molar-refractivity contribution >= 4 is 5.97 Å². The minimum absolute atomic E-state index is 0.368. The molecular weight excluding hydrogens is 216 g/mol. The maximum Gasteiger partial charge on any atom is 0.339 e. The second-order valence-corrected chi connectivity index (χ2v) is 4.88. The van der Waals surface area contributed by atoms with Gasteiger partial charge in [0.15, 0.2) is 0 Å². The van der Waals surface area contributed by atoms with E-state index >= 15 is 0 Å². The molecule has 2 rings (SSSR count). The molecule has 1 aromatic heterocycles. The smallest absolute Gasteiger partial charge is 0.339 e. The zero-order chi connectivity index (χ0) is 12.3. The lowest BCUT2D eigenvalue weighted by molar-refractivity contribution is 0.0694. The number of rotatable bonds is 4. The molecular formula is C14H20O3. The summed E-state index contributed by atoms with van der Waals surface area (Å²) in [7, 11) is 0. The van der Waals surface area contributed by atoms with Crippen molar-refractivity contribution in [3.05, 3.63) is 23.2 Å². The van der Waals surface area contributed by atoms with E-state index in [1.54, 1.807) is 6.07 Å². The predicted molar refractivity (Wildman–Crippen MR) is 65.5 cm³/mol. The van der Waals surface area contributed by atoms with Gasteiger partial charge < -0.3 is 9.52 Å². The van der Waals surface area contributed by atoms with Crippen LogP contribution in [-0.4, -0.2) is 11.1 Å². The van der Waals surface area contributed by atoms with E-state index < -0.39 is 5.97 Å². The Kier molecular flexibility index (Phi) is 3.87. The van der Waals surface area contributed by atoms with Gasteiger partial charge in [-0.3, -0.25) is 0 Å². The van der Waals surface area contributed by atoms with Gasteiger partial charge >= 0.3 is 5.97 Å². The van der Waals surface area contributed by atoms with Crippen molar-refractivity contribution in [3.8, 4) is 0 Å². The van der Waals surface area contributed by atoms with Gasteiger partial charge in [-0.25, -0.2) is 4.79 Å². The highest BCUT2D eigenvalue weighted by molar-refractivity contribution is 5.89. The van der Waals surface area contributed by atoms with Crippen LogP contribution in [0.3, 0.4) is 0 Å². The number of hydrogen-bond donors (Lipinski definition) is 1. The quantitative estimate of drug-likeness (QED) is 0.860. The fourth-order valence-corrected chi connectivity index (χ4v) is 2.63. The van der Waals surface area contributed by atoms with Crippen LogP contribution in [0.15, 0.2) is 10.5 Å². The second-order valence-electron chi connectivity index (χ2n) is 4.88. The van der Waals surface area contributed by atoms with Crippen molar-refractivity contribution in [1.29, 1.82) is 0 Å². The van der Waals surface area contributed by atoms with E-state index in [0.29, 0.717) is 23.7 Å². The number of aromatic carboxylic acids is 1. The summed E-state index contributed by atoms with van der Waals surface area (Å²) in [5.41, 5.74) is 0.368. The Bertz CT molecular complexity index is 386. The maximum atomic E-state index is 11.1. The van der Waals surface area contributed by atoms with Crippen molar-refractivity contribution in [1.82, 2.24) is 0 Å². The summed E-state index contributed by atoms with van der Waals surface area (Å²) in [5.74, 6) is 1.12. The van der Waals surface area contributed by atoms with Crippen LogP contribution in [0.2, 0.25) is 0 Å². The Labute approximate surface area is 102 Å². The van der Waals surface area contributed by atoms with E-state index in [1.165, 1.54) is 19.3 Å². The van der Waals surface area contributed by atoms with Gasteiger partial charge in [0, 0.05) is 12.3 Å². The Morgan fingerprint density at radius 3 is 2.71 bits per heavy atom. The van der Waals surface area contributed by atoms with Crippen LogP contribution >= 0.6 is 0 Å². The molecule has 0 aliphatic heterocycles. The SMILES string of the molecule is CCCc1oc(C2CCCCC2)cc1C(=O)O. The fraction of sp³-hybridized carbons (Fsp3) is 0.643. The van der Waals surface area contributed by atoms with Gasteiger partial charge in [0.1, 0.15) is 17.1 Å². The third-order valence-electron chi connectivity index (χ3n) is 3.54. The molecule has 0 aromatic carbocycles. The van der Waals surface area contributed by atoms with Gasteiger partial charge in [0.2, 0.25) is 0 Å². The molecule has 0 radical (unpaired) electrons. The summed E-state index contributed by atoms with van der Waals surface area (Å²) in [4.78, 5) is 11.1. The van der Waals surface area contributed by atoms with E-state index in [0.717, 1.165) is 25.0 Å². The van der Waals surface area contributed by atoms with Gasteiger partial charge in [-0.1, -0.05) is 26.2 Å². The lowest BCUT2D eigenvalue weighted by atomic mass is 9.87. The van der Waals surface area contributed by atoms with Crippen LogP contribution in [0.25, 0.3) is 0 Å². The van der Waals surface area contributed by atoms with Crippen molar-refractivity contribution in [3.63, 3.8) is 0 Å². The average Bonchev–Trinajstić information content (AvgIpc) is 2.75. The largest absolute Gasteiger partial charge is 0.478 e. The molecule has 1 saturated carbocycles. The number of carboxylic acids is 1. The molecule has 94 valence electrons. The number of aryl methyl sites for hydroxylation is 1. The molecule has 1 fully saturated rings. The summed E-state index contributed by atoms with van der Waals surface area (Å²) in [5, 5.41) is 9.14. The Morgan fingerprint density at radius 1 is 1.41 bits per heavy atom. The third-order valence-corrected chi connectivity index (χ3v) is 3.54. The standard InChI is InChI=1S/C14H20O3/c1-2-6-12-11(14(15)16)9-13(17-12)10-7-4-3-5-8-10/h9-10H,2-8H2,1H3,(H,15,16). The van der Waals surface area contributed by atoms with Gasteiger partial charge in [-0.05, 0) is 25.3 Å². The second kappa shape index (κ2) is 5.39. The minimum atomic E-state index is -0.862. The van der Waals surface area contributed by atoms with Gasteiger partial charge in [-0.2, -0.15) is 0 Å². The Balaban J connectivity index is 2.22. The lowest BCUT2D eigenvalue weighted by Gasteiger charge is -2.19. The molecule has 1 aliphatic rings. The number of carboxylic acid groups (broad SMARTS) is 1. The molecule has 3 nitrogen and oxygen atoms in total. The molecule has 0 saturated heterocycles. The summed E-state index contributed by atoms with van der Waals surface area (Å²) in [6.07, 6.45) is 7.67. The highest BCUT2D eigenvalue weighted by atomic mass is 16.4. The maximum absolute atomic E-state index is 11.1. The van der Waals surface area contributed by atoms with Crippen LogP contribution in [0.5, 0.6) is 0 Å². The van der Waals surface area contributed by atoms with Gasteiger partial charge in [0.05, 0.1) is 0 Å². The Morgan fingerprint density at radius 2 is 2.12 bits per heavy atom. The van der Waals surface area contributed by atoms with Gasteiger partial charge in [0.25, 0.3) is 0 Å². The van der Waals surface area contributed by atoms with Crippen LogP contribution in [0.4, 0.5) is 0 Å². The molecule has 0 atom stereocenters. The monoisotopic (exact) mass is 236 g/mol. The molecule has 1 aromatic rings. The number of furan rings is 1. The van der Waals surface area contributed by atoms with Crippen molar-refractivity contribution in [2.75, 3.05) is 0 Å². The highest BCUT2D eigenvalue weighted by Crippen LogP contribution is 2.35. The zero-order valence-electron chi connectivity index (χ0n) is 10.4. The van der Waals surface area contributed by atoms with Crippen LogP contribution < -0.4 is 0 Å². The molecule has 0 bridgehead atoms. The molecule has 0 amide bonds. The fourth-order valence-electron chi connectivity index (χ4n) is 2.63. The molecule has 0 spiro atoms. The first-order chi connectivity index (χ1) is 8.22. The summed E-state index contributed by atoms with van der Waals surface area (Å²) in [6.45, 7) is 2.04. The van der Waals surface area contributed by atoms with E-state index in [-0.39, 0.29) is 0 Å². The third kappa shape index (κ3) is 2.71. The van der Waals surface area contributed by atoms with E-state index in [9.17, 15) is 4.79 Å². The molecule has 1 aliphatic carbocycles. The average molecular weight is 236 g/mol. The summed E-state index contributed by atoms with van der Waals surface area (Å²) >= 11 is 0.